The van der Waals surface area contributed by atoms with Crippen molar-refractivity contribution in [1.29, 1.82) is 0 Å². The summed E-state index contributed by atoms with van der Waals surface area (Å²) in [4.78, 5) is 16.9. The summed E-state index contributed by atoms with van der Waals surface area (Å²) in [6.07, 6.45) is 4.25. The standard InChI is InChI=1S/C15H22N4O2/c1-11(2)19-7-8-21-14-4-6-18(10-13(14)19)15(20)12-3-5-16-17-9-12/h3,5,9,11,13-14H,4,6-8,10H2,1-2H3/t13-,14-/m0/s1. The van der Waals surface area contributed by atoms with Crippen molar-refractivity contribution in [2.45, 2.75) is 38.5 Å². The van der Waals surface area contributed by atoms with Gasteiger partial charge in [0.1, 0.15) is 0 Å². The molecule has 2 atom stereocenters. The number of morpholine rings is 1. The first kappa shape index (κ1) is 14.4. The Morgan fingerprint density at radius 1 is 1.38 bits per heavy atom. The number of fused-ring (bicyclic) bond motifs is 1. The maximum Gasteiger partial charge on any atom is 0.255 e. The fraction of sp³-hybridized carbons (Fsp3) is 0.667. The molecule has 0 aliphatic carbocycles. The van der Waals surface area contributed by atoms with Gasteiger partial charge in [0.15, 0.2) is 0 Å². The number of carbonyl (C=O) groups excluding carboxylic acids is 1. The van der Waals surface area contributed by atoms with E-state index in [4.69, 9.17) is 4.74 Å². The molecule has 0 N–H and O–H groups in total. The van der Waals surface area contributed by atoms with Gasteiger partial charge in [-0.15, -0.1) is 0 Å². The SMILES string of the molecule is CC(C)N1CCO[C@H]2CCN(C(=O)c3ccnnc3)C[C@@H]21. The second-order valence-corrected chi connectivity index (χ2v) is 5.98. The third kappa shape index (κ3) is 2.91. The quantitative estimate of drug-likeness (QED) is 0.806. The van der Waals surface area contributed by atoms with Gasteiger partial charge >= 0.3 is 0 Å². The monoisotopic (exact) mass is 290 g/mol. The fourth-order valence-corrected chi connectivity index (χ4v) is 3.32. The lowest BCUT2D eigenvalue weighted by Gasteiger charge is -2.48. The highest BCUT2D eigenvalue weighted by molar-refractivity contribution is 5.93. The van der Waals surface area contributed by atoms with Gasteiger partial charge in [0, 0.05) is 25.7 Å². The molecule has 2 fully saturated rings. The Kier molecular flexibility index (Phi) is 4.17. The zero-order chi connectivity index (χ0) is 14.8. The molecule has 1 amide bonds. The highest BCUT2D eigenvalue weighted by Crippen LogP contribution is 2.25. The Bertz CT molecular complexity index is 494. The number of ether oxygens (including phenoxy) is 1. The van der Waals surface area contributed by atoms with Crippen LogP contribution in [0, 0.1) is 0 Å². The number of hydrogen-bond donors (Lipinski definition) is 0. The second-order valence-electron chi connectivity index (χ2n) is 5.98. The van der Waals surface area contributed by atoms with E-state index >= 15 is 0 Å². The molecule has 6 heteroatoms. The summed E-state index contributed by atoms with van der Waals surface area (Å²) in [6.45, 7) is 7.61. The van der Waals surface area contributed by atoms with Gasteiger partial charge in [-0.3, -0.25) is 9.69 Å². The first-order valence-corrected chi connectivity index (χ1v) is 7.60. The number of nitrogens with zero attached hydrogens (tertiary/aromatic N) is 4. The van der Waals surface area contributed by atoms with E-state index in [0.717, 1.165) is 32.7 Å². The molecule has 2 aliphatic heterocycles. The minimum absolute atomic E-state index is 0.0395. The Labute approximate surface area is 125 Å². The minimum atomic E-state index is 0.0395. The number of carbonyl (C=O) groups is 1. The van der Waals surface area contributed by atoms with Crippen LogP contribution in [0.15, 0.2) is 18.5 Å². The van der Waals surface area contributed by atoms with Crippen LogP contribution in [0.3, 0.4) is 0 Å². The molecule has 0 spiro atoms. The summed E-state index contributed by atoms with van der Waals surface area (Å²) in [7, 11) is 0. The number of aromatic nitrogens is 2. The molecule has 1 aromatic rings. The molecular formula is C15H22N4O2. The van der Waals surface area contributed by atoms with Crippen molar-refractivity contribution in [3.63, 3.8) is 0 Å². The molecule has 3 rings (SSSR count). The molecular weight excluding hydrogens is 268 g/mol. The molecule has 0 saturated carbocycles. The number of likely N-dealkylation sites (tertiary alicyclic amines) is 1. The largest absolute Gasteiger partial charge is 0.375 e. The van der Waals surface area contributed by atoms with Crippen LogP contribution in [0.2, 0.25) is 0 Å². The van der Waals surface area contributed by atoms with Crippen LogP contribution in [0.1, 0.15) is 30.6 Å². The molecule has 0 bridgehead atoms. The van der Waals surface area contributed by atoms with Gasteiger partial charge in [-0.25, -0.2) is 0 Å². The second kappa shape index (κ2) is 6.07. The van der Waals surface area contributed by atoms with Crippen molar-refractivity contribution in [3.05, 3.63) is 24.0 Å². The topological polar surface area (TPSA) is 58.6 Å². The molecule has 0 aromatic carbocycles. The number of rotatable bonds is 2. The summed E-state index contributed by atoms with van der Waals surface area (Å²) in [5, 5.41) is 7.52. The third-order valence-electron chi connectivity index (χ3n) is 4.41. The number of hydrogen-bond acceptors (Lipinski definition) is 5. The molecule has 114 valence electrons. The fourth-order valence-electron chi connectivity index (χ4n) is 3.32. The molecule has 2 aliphatic rings. The van der Waals surface area contributed by atoms with E-state index in [9.17, 15) is 4.79 Å². The average Bonchev–Trinajstić information content (AvgIpc) is 2.53. The van der Waals surface area contributed by atoms with E-state index in [-0.39, 0.29) is 12.0 Å². The van der Waals surface area contributed by atoms with E-state index in [0.29, 0.717) is 17.6 Å². The Morgan fingerprint density at radius 3 is 2.95 bits per heavy atom. The predicted octanol–water partition coefficient (Wildman–Crippen LogP) is 0.800. The van der Waals surface area contributed by atoms with E-state index in [2.05, 4.69) is 28.9 Å². The first-order valence-electron chi connectivity index (χ1n) is 7.60. The van der Waals surface area contributed by atoms with Crippen molar-refractivity contribution >= 4 is 5.91 Å². The lowest BCUT2D eigenvalue weighted by molar-refractivity contribution is -0.107. The van der Waals surface area contributed by atoms with E-state index in [1.807, 2.05) is 4.90 Å². The van der Waals surface area contributed by atoms with Crippen molar-refractivity contribution in [3.8, 4) is 0 Å². The summed E-state index contributed by atoms with van der Waals surface area (Å²) in [6, 6.07) is 2.49. The normalized spacial score (nSPS) is 26.7. The lowest BCUT2D eigenvalue weighted by Crippen LogP contribution is -2.62. The molecule has 2 saturated heterocycles. The molecule has 6 nitrogen and oxygen atoms in total. The van der Waals surface area contributed by atoms with E-state index < -0.39 is 0 Å². The maximum atomic E-state index is 12.5. The summed E-state index contributed by atoms with van der Waals surface area (Å²) in [5.41, 5.74) is 0.608. The molecule has 0 unspecified atom stereocenters. The zero-order valence-corrected chi connectivity index (χ0v) is 12.6. The van der Waals surface area contributed by atoms with Crippen molar-refractivity contribution in [2.24, 2.45) is 0 Å². The van der Waals surface area contributed by atoms with Crippen LogP contribution >= 0.6 is 0 Å². The van der Waals surface area contributed by atoms with Gasteiger partial charge in [0.25, 0.3) is 5.91 Å². The number of amides is 1. The number of piperidine rings is 1. The molecule has 0 radical (unpaired) electrons. The highest BCUT2D eigenvalue weighted by Gasteiger charge is 2.39. The van der Waals surface area contributed by atoms with Crippen LogP contribution in [-0.2, 0) is 4.74 Å². The molecule has 21 heavy (non-hydrogen) atoms. The predicted molar refractivity (Wildman–Crippen MR) is 77.9 cm³/mol. The van der Waals surface area contributed by atoms with E-state index in [1.165, 1.54) is 6.20 Å². The lowest BCUT2D eigenvalue weighted by atomic mass is 9.97. The first-order chi connectivity index (χ1) is 10.2. The van der Waals surface area contributed by atoms with Gasteiger partial charge in [-0.1, -0.05) is 0 Å². The average molecular weight is 290 g/mol. The van der Waals surface area contributed by atoms with Crippen molar-refractivity contribution in [1.82, 2.24) is 20.0 Å². The van der Waals surface area contributed by atoms with Gasteiger partial charge in [-0.2, -0.15) is 10.2 Å². The molecule has 3 heterocycles. The van der Waals surface area contributed by atoms with Crippen LogP contribution < -0.4 is 0 Å². The van der Waals surface area contributed by atoms with Crippen LogP contribution in [0.4, 0.5) is 0 Å². The molecule has 1 aromatic heterocycles. The summed E-state index contributed by atoms with van der Waals surface area (Å²) < 4.78 is 5.89. The Morgan fingerprint density at radius 2 is 2.24 bits per heavy atom. The van der Waals surface area contributed by atoms with Gasteiger partial charge in [-0.05, 0) is 26.3 Å². The summed E-state index contributed by atoms with van der Waals surface area (Å²) in [5.74, 6) is 0.0395. The Balaban J connectivity index is 1.73. The highest BCUT2D eigenvalue weighted by atomic mass is 16.5. The van der Waals surface area contributed by atoms with Crippen molar-refractivity contribution in [2.75, 3.05) is 26.2 Å². The minimum Gasteiger partial charge on any atom is -0.375 e. The van der Waals surface area contributed by atoms with Crippen molar-refractivity contribution < 1.29 is 9.53 Å². The third-order valence-corrected chi connectivity index (χ3v) is 4.41. The smallest absolute Gasteiger partial charge is 0.255 e. The summed E-state index contributed by atoms with van der Waals surface area (Å²) >= 11 is 0. The maximum absolute atomic E-state index is 12.5. The Hall–Kier alpha value is -1.53. The van der Waals surface area contributed by atoms with E-state index in [1.54, 1.807) is 12.3 Å². The van der Waals surface area contributed by atoms with Crippen LogP contribution in [0.5, 0.6) is 0 Å². The van der Waals surface area contributed by atoms with Crippen LogP contribution in [0.25, 0.3) is 0 Å². The van der Waals surface area contributed by atoms with Gasteiger partial charge in [0.2, 0.25) is 0 Å². The van der Waals surface area contributed by atoms with Gasteiger partial charge < -0.3 is 9.64 Å². The zero-order valence-electron chi connectivity index (χ0n) is 12.6. The van der Waals surface area contributed by atoms with Gasteiger partial charge in [0.05, 0.1) is 36.7 Å². The van der Waals surface area contributed by atoms with Crippen LogP contribution in [-0.4, -0.2) is 70.3 Å².